The minimum Gasteiger partial charge on any atom is -0.497 e. The van der Waals surface area contributed by atoms with Crippen LogP contribution in [0.2, 0.25) is 0 Å². The number of carboxylic acid groups (broad SMARTS) is 1. The summed E-state index contributed by atoms with van der Waals surface area (Å²) in [6, 6.07) is 9.06. The predicted molar refractivity (Wildman–Crippen MR) is 140 cm³/mol. The normalized spacial score (nSPS) is 16.9. The van der Waals surface area contributed by atoms with Crippen LogP contribution in [-0.2, 0) is 17.5 Å². The van der Waals surface area contributed by atoms with Crippen molar-refractivity contribution in [2.24, 2.45) is 0 Å². The third kappa shape index (κ3) is 4.52. The molecule has 0 radical (unpaired) electrons. The molecule has 2 N–H and O–H groups in total. The van der Waals surface area contributed by atoms with Crippen molar-refractivity contribution in [3.8, 4) is 17.0 Å². The van der Waals surface area contributed by atoms with Gasteiger partial charge in [0, 0.05) is 36.2 Å². The molecule has 3 aromatic heterocycles. The molecule has 1 unspecified atom stereocenters. The summed E-state index contributed by atoms with van der Waals surface area (Å²) in [6.07, 6.45) is -0.904. The molecule has 1 saturated carbocycles. The number of benzene rings is 1. The van der Waals surface area contributed by atoms with E-state index in [0.717, 1.165) is 30.5 Å². The van der Waals surface area contributed by atoms with Gasteiger partial charge >= 0.3 is 12.1 Å². The fourth-order valence-electron chi connectivity index (χ4n) is 4.99. The van der Waals surface area contributed by atoms with Gasteiger partial charge in [0.05, 0.1) is 17.7 Å². The van der Waals surface area contributed by atoms with Gasteiger partial charge < -0.3 is 15.2 Å². The molecule has 4 aromatic rings. The number of aliphatic carboxylic acids is 1. The van der Waals surface area contributed by atoms with Crippen LogP contribution in [0.25, 0.3) is 16.9 Å². The van der Waals surface area contributed by atoms with E-state index >= 15 is 0 Å². The van der Waals surface area contributed by atoms with E-state index in [2.05, 4.69) is 5.32 Å². The number of pyridine rings is 2. The maximum atomic E-state index is 13.3. The first-order chi connectivity index (χ1) is 18.7. The second-order valence-electron chi connectivity index (χ2n) is 9.58. The number of hydrogen-bond donors (Lipinski definition) is 2. The Bertz CT molecular complexity index is 1680. The summed E-state index contributed by atoms with van der Waals surface area (Å²) in [6.45, 7) is 0.0786. The minimum atomic E-state index is -4.46. The number of hydrogen-bond acceptors (Lipinski definition) is 6. The van der Waals surface area contributed by atoms with Crippen molar-refractivity contribution in [3.05, 3.63) is 75.7 Å². The van der Waals surface area contributed by atoms with Gasteiger partial charge in [-0.3, -0.25) is 13.8 Å². The van der Waals surface area contributed by atoms with Crippen LogP contribution in [0.15, 0.2) is 58.5 Å². The molecule has 12 heteroatoms. The second-order valence-corrected chi connectivity index (χ2v) is 10.6. The standard InChI is InChI=1S/C27H23F3N4O4S/c1-38-17-7-8-33-20(10-17)32-23(24(33)31-12-14-3-2-4-16(9-14)27(28,29)30)18-11-21(35)34-19(26(36)37)13-39-25(34)22(18)15-5-6-15/h2-4,7-11,15,19,31H,5-6,12-13H2,1H3,(H,36,37). The largest absolute Gasteiger partial charge is 0.497 e. The zero-order valence-electron chi connectivity index (χ0n) is 20.7. The van der Waals surface area contributed by atoms with Crippen LogP contribution < -0.4 is 15.6 Å². The van der Waals surface area contributed by atoms with Crippen molar-refractivity contribution in [2.45, 2.75) is 42.5 Å². The Morgan fingerprint density at radius 1 is 1.23 bits per heavy atom. The SMILES string of the molecule is COc1ccn2c(NCc3cccc(C(F)(F)F)c3)c(-c3cc(=O)n4c(c3C3CC3)SCC4C(=O)O)nc2c1. The van der Waals surface area contributed by atoms with Gasteiger partial charge in [-0.25, -0.2) is 9.78 Å². The van der Waals surface area contributed by atoms with Crippen molar-refractivity contribution in [2.75, 3.05) is 18.2 Å². The fraction of sp³-hybridized carbons (Fsp3) is 0.296. The number of rotatable bonds is 7. The monoisotopic (exact) mass is 556 g/mol. The molecule has 8 nitrogen and oxygen atoms in total. The number of methoxy groups -OCH3 is 1. The lowest BCUT2D eigenvalue weighted by Crippen LogP contribution is -2.29. The van der Waals surface area contributed by atoms with E-state index in [9.17, 15) is 27.9 Å². The molecule has 1 atom stereocenters. The summed E-state index contributed by atoms with van der Waals surface area (Å²) in [7, 11) is 1.53. The molecule has 1 aliphatic heterocycles. The molecule has 0 spiro atoms. The summed E-state index contributed by atoms with van der Waals surface area (Å²) < 4.78 is 48.3. The lowest BCUT2D eigenvalue weighted by Gasteiger charge is -2.17. The van der Waals surface area contributed by atoms with Crippen LogP contribution >= 0.6 is 11.8 Å². The van der Waals surface area contributed by atoms with Crippen LogP contribution in [0.3, 0.4) is 0 Å². The molecule has 39 heavy (non-hydrogen) atoms. The van der Waals surface area contributed by atoms with Crippen LogP contribution in [0, 0.1) is 0 Å². The Balaban J connectivity index is 1.50. The van der Waals surface area contributed by atoms with E-state index in [1.165, 1.54) is 35.6 Å². The molecular weight excluding hydrogens is 533 g/mol. The Morgan fingerprint density at radius 3 is 2.72 bits per heavy atom. The first kappa shape index (κ1) is 25.4. The number of nitrogens with zero attached hydrogens (tertiary/aromatic N) is 3. The summed E-state index contributed by atoms with van der Waals surface area (Å²) in [5, 5.41) is 13.6. The number of aromatic nitrogens is 3. The van der Waals surface area contributed by atoms with Gasteiger partial charge in [-0.2, -0.15) is 13.2 Å². The average Bonchev–Trinajstić information content (AvgIpc) is 3.52. The summed E-state index contributed by atoms with van der Waals surface area (Å²) in [5.41, 5.74) is 1.74. The number of ether oxygens (including phenoxy) is 1. The quantitative estimate of drug-likeness (QED) is 0.314. The highest BCUT2D eigenvalue weighted by molar-refractivity contribution is 7.99. The highest BCUT2D eigenvalue weighted by Gasteiger charge is 2.39. The van der Waals surface area contributed by atoms with Crippen LogP contribution in [0.1, 0.15) is 41.5 Å². The van der Waals surface area contributed by atoms with Gasteiger partial charge in [0.15, 0.2) is 0 Å². The maximum Gasteiger partial charge on any atom is 0.416 e. The fourth-order valence-corrected chi connectivity index (χ4v) is 6.38. The number of imidazole rings is 1. The first-order valence-electron chi connectivity index (χ1n) is 12.3. The molecule has 0 amide bonds. The van der Waals surface area contributed by atoms with Crippen molar-refractivity contribution in [3.63, 3.8) is 0 Å². The zero-order valence-corrected chi connectivity index (χ0v) is 21.5. The topological polar surface area (TPSA) is 97.9 Å². The van der Waals surface area contributed by atoms with Crippen LogP contribution in [0.4, 0.5) is 19.0 Å². The van der Waals surface area contributed by atoms with Crippen LogP contribution in [0.5, 0.6) is 5.75 Å². The maximum absolute atomic E-state index is 13.3. The lowest BCUT2D eigenvalue weighted by molar-refractivity contribution is -0.140. The molecule has 4 heterocycles. The van der Waals surface area contributed by atoms with E-state index in [1.54, 1.807) is 28.8 Å². The zero-order chi connectivity index (χ0) is 27.5. The highest BCUT2D eigenvalue weighted by atomic mass is 32.2. The Morgan fingerprint density at radius 2 is 2.03 bits per heavy atom. The summed E-state index contributed by atoms with van der Waals surface area (Å²) in [4.78, 5) is 29.9. The van der Waals surface area contributed by atoms with Gasteiger partial charge in [-0.15, -0.1) is 11.8 Å². The Hall–Kier alpha value is -3.93. The Kier molecular flexibility index (Phi) is 6.09. The average molecular weight is 557 g/mol. The molecule has 1 fully saturated rings. The van der Waals surface area contributed by atoms with Gasteiger partial charge in [0.25, 0.3) is 5.56 Å². The van der Waals surface area contributed by atoms with E-state index < -0.39 is 29.3 Å². The molecule has 202 valence electrons. The number of nitrogens with one attached hydrogen (secondary N) is 1. The van der Waals surface area contributed by atoms with E-state index in [1.807, 2.05) is 0 Å². The molecule has 1 aromatic carbocycles. The third-order valence-electron chi connectivity index (χ3n) is 7.01. The van der Waals surface area contributed by atoms with E-state index in [0.29, 0.717) is 39.1 Å². The van der Waals surface area contributed by atoms with Gasteiger partial charge in [-0.05, 0) is 48.1 Å². The number of thioether (sulfide) groups is 1. The van der Waals surface area contributed by atoms with E-state index in [-0.39, 0.29) is 18.2 Å². The number of fused-ring (bicyclic) bond motifs is 2. The molecule has 6 rings (SSSR count). The molecule has 2 aliphatic rings. The second kappa shape index (κ2) is 9.37. The number of anilines is 1. The predicted octanol–water partition coefficient (Wildman–Crippen LogP) is 5.41. The number of alkyl halides is 3. The van der Waals surface area contributed by atoms with Gasteiger partial charge in [0.2, 0.25) is 0 Å². The smallest absolute Gasteiger partial charge is 0.416 e. The van der Waals surface area contributed by atoms with Crippen molar-refractivity contribution in [1.82, 2.24) is 14.0 Å². The van der Waals surface area contributed by atoms with Crippen molar-refractivity contribution < 1.29 is 27.8 Å². The molecular formula is C27H23F3N4O4S. The summed E-state index contributed by atoms with van der Waals surface area (Å²) in [5.74, 6) is 0.448. The summed E-state index contributed by atoms with van der Waals surface area (Å²) >= 11 is 1.36. The van der Waals surface area contributed by atoms with Crippen LogP contribution in [-0.4, -0.2) is 37.9 Å². The van der Waals surface area contributed by atoms with Gasteiger partial charge in [-0.1, -0.05) is 12.1 Å². The van der Waals surface area contributed by atoms with Crippen molar-refractivity contribution >= 4 is 29.2 Å². The third-order valence-corrected chi connectivity index (χ3v) is 8.18. The number of carboxylic acids is 1. The Labute approximate surface area is 224 Å². The highest BCUT2D eigenvalue weighted by Crippen LogP contribution is 2.51. The lowest BCUT2D eigenvalue weighted by atomic mass is 10.0. The molecule has 0 bridgehead atoms. The van der Waals surface area contributed by atoms with E-state index in [4.69, 9.17) is 9.72 Å². The minimum absolute atomic E-state index is 0.0786. The first-order valence-corrected chi connectivity index (χ1v) is 13.3. The number of carbonyl (C=O) groups is 1. The molecule has 1 aliphatic carbocycles. The van der Waals surface area contributed by atoms with Crippen molar-refractivity contribution in [1.29, 1.82) is 0 Å². The number of halogens is 3. The molecule has 0 saturated heterocycles. The van der Waals surface area contributed by atoms with Gasteiger partial charge in [0.1, 0.15) is 29.0 Å².